The van der Waals surface area contributed by atoms with E-state index in [9.17, 15) is 9.90 Å². The van der Waals surface area contributed by atoms with Crippen LogP contribution in [0.3, 0.4) is 0 Å². The lowest BCUT2D eigenvalue weighted by atomic mass is 10.0. The van der Waals surface area contributed by atoms with E-state index in [0.29, 0.717) is 22.9 Å². The van der Waals surface area contributed by atoms with Crippen molar-refractivity contribution in [3.63, 3.8) is 0 Å². The van der Waals surface area contributed by atoms with Gasteiger partial charge in [0.05, 0.1) is 24.3 Å². The molecule has 1 atom stereocenters. The predicted octanol–water partition coefficient (Wildman–Crippen LogP) is 1.33. The van der Waals surface area contributed by atoms with Gasteiger partial charge in [-0.3, -0.25) is 4.79 Å². The second kappa shape index (κ2) is 5.93. The van der Waals surface area contributed by atoms with Crippen LogP contribution in [0.1, 0.15) is 37.0 Å². The number of nitriles is 1. The average Bonchev–Trinajstić information content (AvgIpc) is 3.21. The van der Waals surface area contributed by atoms with Crippen molar-refractivity contribution >= 4 is 11.6 Å². The number of hydrogen-bond acceptors (Lipinski definition) is 4. The standard InChI is InChI=1S/C15H19N3O2/c1-10(19)13-6-3-11(8-16)7-14(13)18(2)9-15(20)17-12-4-5-12/h3,6-7,10,12,19H,4-5,9H2,1-2H3,(H,17,20)/t10-/m1/s1. The first-order valence-electron chi connectivity index (χ1n) is 6.74. The Labute approximate surface area is 118 Å². The molecule has 1 aromatic carbocycles. The van der Waals surface area contributed by atoms with Gasteiger partial charge in [-0.2, -0.15) is 5.26 Å². The molecule has 5 heteroatoms. The van der Waals surface area contributed by atoms with Gasteiger partial charge in [-0.15, -0.1) is 0 Å². The van der Waals surface area contributed by atoms with E-state index in [0.717, 1.165) is 12.8 Å². The Morgan fingerprint density at radius 1 is 1.60 bits per heavy atom. The summed E-state index contributed by atoms with van der Waals surface area (Å²) in [6.07, 6.45) is 1.46. The maximum Gasteiger partial charge on any atom is 0.239 e. The Morgan fingerprint density at radius 3 is 2.85 bits per heavy atom. The van der Waals surface area contributed by atoms with E-state index in [1.165, 1.54) is 0 Å². The molecule has 0 aliphatic heterocycles. The molecule has 0 spiro atoms. The summed E-state index contributed by atoms with van der Waals surface area (Å²) in [6.45, 7) is 1.88. The molecular weight excluding hydrogens is 254 g/mol. The second-order valence-corrected chi connectivity index (χ2v) is 5.26. The molecule has 0 unspecified atom stereocenters. The molecule has 0 heterocycles. The van der Waals surface area contributed by atoms with Crippen LogP contribution >= 0.6 is 0 Å². The van der Waals surface area contributed by atoms with Gasteiger partial charge in [0.1, 0.15) is 0 Å². The van der Waals surface area contributed by atoms with E-state index in [-0.39, 0.29) is 12.5 Å². The molecule has 0 aromatic heterocycles. The summed E-state index contributed by atoms with van der Waals surface area (Å²) >= 11 is 0. The molecule has 1 fully saturated rings. The number of aliphatic hydroxyl groups is 1. The number of hydrogen-bond donors (Lipinski definition) is 2. The quantitative estimate of drug-likeness (QED) is 0.848. The number of likely N-dealkylation sites (N-methyl/N-ethyl adjacent to an activating group) is 1. The van der Waals surface area contributed by atoms with Gasteiger partial charge < -0.3 is 15.3 Å². The average molecular weight is 273 g/mol. The maximum absolute atomic E-state index is 11.8. The van der Waals surface area contributed by atoms with E-state index in [2.05, 4.69) is 11.4 Å². The second-order valence-electron chi connectivity index (χ2n) is 5.26. The summed E-state index contributed by atoms with van der Waals surface area (Å²) in [4.78, 5) is 13.6. The topological polar surface area (TPSA) is 76.4 Å². The molecule has 1 aromatic rings. The third-order valence-electron chi connectivity index (χ3n) is 3.34. The Morgan fingerprint density at radius 2 is 2.30 bits per heavy atom. The van der Waals surface area contributed by atoms with Crippen LogP contribution in [0.25, 0.3) is 0 Å². The molecule has 2 N–H and O–H groups in total. The van der Waals surface area contributed by atoms with Gasteiger partial charge in [0.15, 0.2) is 0 Å². The smallest absolute Gasteiger partial charge is 0.239 e. The van der Waals surface area contributed by atoms with Crippen molar-refractivity contribution in [3.8, 4) is 6.07 Å². The Balaban J connectivity index is 2.15. The van der Waals surface area contributed by atoms with Crippen molar-refractivity contribution in [1.29, 1.82) is 5.26 Å². The zero-order valence-corrected chi connectivity index (χ0v) is 11.8. The normalized spacial score (nSPS) is 15.3. The van der Waals surface area contributed by atoms with Crippen molar-refractivity contribution in [1.82, 2.24) is 5.32 Å². The highest BCUT2D eigenvalue weighted by Gasteiger charge is 2.24. The number of rotatable bonds is 5. The van der Waals surface area contributed by atoms with Crippen LogP contribution < -0.4 is 10.2 Å². The summed E-state index contributed by atoms with van der Waals surface area (Å²) < 4.78 is 0. The van der Waals surface area contributed by atoms with Crippen LogP contribution in [-0.2, 0) is 4.79 Å². The fourth-order valence-electron chi connectivity index (χ4n) is 2.10. The fourth-order valence-corrected chi connectivity index (χ4v) is 2.10. The van der Waals surface area contributed by atoms with Gasteiger partial charge in [-0.05, 0) is 31.9 Å². The van der Waals surface area contributed by atoms with Gasteiger partial charge in [-0.25, -0.2) is 0 Å². The van der Waals surface area contributed by atoms with Crippen LogP contribution in [-0.4, -0.2) is 30.6 Å². The Hall–Kier alpha value is -2.06. The molecule has 106 valence electrons. The Kier molecular flexibility index (Phi) is 4.26. The van der Waals surface area contributed by atoms with Crippen LogP contribution in [0.5, 0.6) is 0 Å². The lowest BCUT2D eigenvalue weighted by Gasteiger charge is -2.23. The minimum absolute atomic E-state index is 0.0334. The Bertz CT molecular complexity index is 545. The highest BCUT2D eigenvalue weighted by Crippen LogP contribution is 2.27. The van der Waals surface area contributed by atoms with Gasteiger partial charge in [0.25, 0.3) is 0 Å². The monoisotopic (exact) mass is 273 g/mol. The van der Waals surface area contributed by atoms with E-state index >= 15 is 0 Å². The maximum atomic E-state index is 11.8. The van der Waals surface area contributed by atoms with Gasteiger partial charge in [-0.1, -0.05) is 6.07 Å². The SMILES string of the molecule is C[C@@H](O)c1ccc(C#N)cc1N(C)CC(=O)NC1CC1. The molecular formula is C15H19N3O2. The third kappa shape index (κ3) is 3.49. The summed E-state index contributed by atoms with van der Waals surface area (Å²) in [5.74, 6) is -0.0334. The summed E-state index contributed by atoms with van der Waals surface area (Å²) in [6, 6.07) is 7.51. The number of amides is 1. The van der Waals surface area contributed by atoms with Crippen molar-refractivity contribution < 1.29 is 9.90 Å². The van der Waals surface area contributed by atoms with Gasteiger partial charge >= 0.3 is 0 Å². The molecule has 1 aliphatic rings. The summed E-state index contributed by atoms with van der Waals surface area (Å²) in [5, 5.41) is 21.7. The fraction of sp³-hybridized carbons (Fsp3) is 0.467. The number of carbonyl (C=O) groups excluding carboxylic acids is 1. The zero-order chi connectivity index (χ0) is 14.7. The molecule has 0 bridgehead atoms. The van der Waals surface area contributed by atoms with Crippen molar-refractivity contribution in [2.45, 2.75) is 31.9 Å². The van der Waals surface area contributed by atoms with Crippen LogP contribution in [0, 0.1) is 11.3 Å². The van der Waals surface area contributed by atoms with E-state index in [1.54, 1.807) is 37.1 Å². The minimum atomic E-state index is -0.647. The summed E-state index contributed by atoms with van der Waals surface area (Å²) in [7, 11) is 1.79. The molecule has 2 rings (SSSR count). The highest BCUT2D eigenvalue weighted by atomic mass is 16.3. The predicted molar refractivity (Wildman–Crippen MR) is 76.2 cm³/mol. The number of nitrogens with zero attached hydrogens (tertiary/aromatic N) is 2. The van der Waals surface area contributed by atoms with E-state index < -0.39 is 6.10 Å². The van der Waals surface area contributed by atoms with Gasteiger partial charge in [0.2, 0.25) is 5.91 Å². The van der Waals surface area contributed by atoms with Crippen molar-refractivity contribution in [3.05, 3.63) is 29.3 Å². The van der Waals surface area contributed by atoms with Gasteiger partial charge in [0, 0.05) is 24.3 Å². The number of anilines is 1. The first-order valence-corrected chi connectivity index (χ1v) is 6.74. The molecule has 1 aliphatic carbocycles. The number of aliphatic hydroxyl groups excluding tert-OH is 1. The van der Waals surface area contributed by atoms with Crippen LogP contribution in [0.4, 0.5) is 5.69 Å². The lowest BCUT2D eigenvalue weighted by Crippen LogP contribution is -2.36. The third-order valence-corrected chi connectivity index (χ3v) is 3.34. The van der Waals surface area contributed by atoms with E-state index in [4.69, 9.17) is 5.26 Å². The summed E-state index contributed by atoms with van der Waals surface area (Å²) in [5.41, 5.74) is 1.94. The molecule has 5 nitrogen and oxygen atoms in total. The van der Waals surface area contributed by atoms with Crippen LogP contribution in [0.2, 0.25) is 0 Å². The number of nitrogens with one attached hydrogen (secondary N) is 1. The minimum Gasteiger partial charge on any atom is -0.389 e. The molecule has 1 saturated carbocycles. The number of carbonyl (C=O) groups is 1. The first-order chi connectivity index (χ1) is 9.51. The molecule has 1 amide bonds. The lowest BCUT2D eigenvalue weighted by molar-refractivity contribution is -0.119. The van der Waals surface area contributed by atoms with Crippen LogP contribution in [0.15, 0.2) is 18.2 Å². The van der Waals surface area contributed by atoms with Crippen molar-refractivity contribution in [2.75, 3.05) is 18.5 Å². The highest BCUT2D eigenvalue weighted by molar-refractivity contribution is 5.82. The van der Waals surface area contributed by atoms with Crippen molar-refractivity contribution in [2.24, 2.45) is 0 Å². The van der Waals surface area contributed by atoms with E-state index in [1.807, 2.05) is 0 Å². The number of benzene rings is 1. The first kappa shape index (κ1) is 14.4. The molecule has 0 saturated heterocycles. The molecule has 0 radical (unpaired) electrons. The largest absolute Gasteiger partial charge is 0.389 e. The molecule has 20 heavy (non-hydrogen) atoms. The zero-order valence-electron chi connectivity index (χ0n) is 11.8.